The molecule has 0 aliphatic rings. The number of Topliss-reactive ketones (excluding diaryl/α,β-unsaturated/α-hetero) is 1. The van der Waals surface area contributed by atoms with Crippen LogP contribution in [-0.2, 0) is 9.53 Å². The molecule has 0 spiro atoms. The van der Waals surface area contributed by atoms with Crippen molar-refractivity contribution in [3.05, 3.63) is 12.3 Å². The van der Waals surface area contributed by atoms with E-state index in [-0.39, 0.29) is 16.9 Å². The minimum Gasteiger partial charge on any atom is -0.491 e. The summed E-state index contributed by atoms with van der Waals surface area (Å²) in [5.74, 6) is 0.131. The van der Waals surface area contributed by atoms with E-state index in [2.05, 4.69) is 22.5 Å². The highest BCUT2D eigenvalue weighted by Crippen LogP contribution is 1.97. The Labute approximate surface area is 63.0 Å². The van der Waals surface area contributed by atoms with Crippen LogP contribution in [0.1, 0.15) is 6.92 Å². The summed E-state index contributed by atoms with van der Waals surface area (Å²) in [5, 5.41) is 0.284. The molecule has 0 bridgehead atoms. The molecule has 52 valence electrons. The summed E-state index contributed by atoms with van der Waals surface area (Å²) < 4.78 is 4.82. The molecule has 0 saturated carbocycles. The Bertz CT molecular complexity index is 120. The van der Waals surface area contributed by atoms with Crippen LogP contribution in [0.15, 0.2) is 12.3 Å². The number of hydrogen-bond donors (Lipinski definition) is 0. The number of alkyl halides is 1. The van der Waals surface area contributed by atoms with E-state index in [1.165, 1.54) is 0 Å². The van der Waals surface area contributed by atoms with Gasteiger partial charge in [0.05, 0.1) is 11.9 Å². The van der Waals surface area contributed by atoms with E-state index in [4.69, 9.17) is 4.74 Å². The first-order valence-corrected chi connectivity index (χ1v) is 3.75. The number of allylic oxidation sites excluding steroid dienone is 1. The lowest BCUT2D eigenvalue weighted by molar-refractivity contribution is -0.116. The lowest BCUT2D eigenvalue weighted by atomic mass is 10.4. The molecule has 0 radical (unpaired) electrons. The lowest BCUT2D eigenvalue weighted by Crippen LogP contribution is -2.05. The largest absolute Gasteiger partial charge is 0.491 e. The molecule has 0 aliphatic heterocycles. The number of ether oxygens (including phenoxy) is 1. The van der Waals surface area contributed by atoms with Crippen molar-refractivity contribution in [1.82, 2.24) is 0 Å². The first-order valence-electron chi connectivity index (χ1n) is 2.63. The summed E-state index contributed by atoms with van der Waals surface area (Å²) >= 11 is 2.99. The quantitative estimate of drug-likeness (QED) is 0.384. The highest BCUT2D eigenvalue weighted by atomic mass is 79.9. The monoisotopic (exact) mass is 192 g/mol. The van der Waals surface area contributed by atoms with Crippen molar-refractivity contribution in [2.24, 2.45) is 0 Å². The van der Waals surface area contributed by atoms with Crippen LogP contribution in [0.5, 0.6) is 0 Å². The van der Waals surface area contributed by atoms with Crippen molar-refractivity contribution >= 4 is 21.7 Å². The standard InChI is InChI=1S/C6H9BrO2/c1-3-9-5(2)6(8)4-7/h2-4H2,1H3. The van der Waals surface area contributed by atoms with Gasteiger partial charge in [-0.3, -0.25) is 4.79 Å². The van der Waals surface area contributed by atoms with Crippen molar-refractivity contribution < 1.29 is 9.53 Å². The molecule has 0 fully saturated rings. The third-order valence-corrected chi connectivity index (χ3v) is 1.26. The average molecular weight is 193 g/mol. The molecule has 0 atom stereocenters. The van der Waals surface area contributed by atoms with E-state index in [1.54, 1.807) is 0 Å². The summed E-state index contributed by atoms with van der Waals surface area (Å²) in [7, 11) is 0. The fourth-order valence-electron chi connectivity index (χ4n) is 0.329. The molecule has 0 saturated heterocycles. The van der Waals surface area contributed by atoms with Gasteiger partial charge in [0.15, 0.2) is 5.76 Å². The van der Waals surface area contributed by atoms with Gasteiger partial charge in [-0.25, -0.2) is 0 Å². The van der Waals surface area contributed by atoms with Gasteiger partial charge in [0.25, 0.3) is 0 Å². The molecule has 3 heteroatoms. The number of halogens is 1. The maximum Gasteiger partial charge on any atom is 0.207 e. The zero-order valence-electron chi connectivity index (χ0n) is 5.32. The van der Waals surface area contributed by atoms with Crippen LogP contribution in [0.25, 0.3) is 0 Å². The van der Waals surface area contributed by atoms with Crippen LogP contribution >= 0.6 is 15.9 Å². The summed E-state index contributed by atoms with van der Waals surface area (Å²) in [5.41, 5.74) is 0. The Morgan fingerprint density at radius 2 is 2.33 bits per heavy atom. The average Bonchev–Trinajstić information content (AvgIpc) is 1.87. The number of carbonyl (C=O) groups excluding carboxylic acids is 1. The molecular weight excluding hydrogens is 184 g/mol. The van der Waals surface area contributed by atoms with Crippen LogP contribution in [0, 0.1) is 0 Å². The van der Waals surface area contributed by atoms with Crippen molar-refractivity contribution in [3.63, 3.8) is 0 Å². The zero-order valence-corrected chi connectivity index (χ0v) is 6.90. The molecular formula is C6H9BrO2. The number of hydrogen-bond acceptors (Lipinski definition) is 2. The smallest absolute Gasteiger partial charge is 0.207 e. The number of rotatable bonds is 4. The van der Waals surface area contributed by atoms with Gasteiger partial charge in [0, 0.05) is 0 Å². The first kappa shape index (κ1) is 8.69. The Morgan fingerprint density at radius 1 is 1.78 bits per heavy atom. The van der Waals surface area contributed by atoms with E-state index in [0.29, 0.717) is 6.61 Å². The van der Waals surface area contributed by atoms with Crippen LogP contribution in [0.2, 0.25) is 0 Å². The molecule has 0 unspecified atom stereocenters. The Kier molecular flexibility index (Phi) is 4.40. The molecule has 9 heavy (non-hydrogen) atoms. The van der Waals surface area contributed by atoms with Crippen LogP contribution in [0.3, 0.4) is 0 Å². The third kappa shape index (κ3) is 3.30. The van der Waals surface area contributed by atoms with Gasteiger partial charge >= 0.3 is 0 Å². The Morgan fingerprint density at radius 3 is 2.67 bits per heavy atom. The maximum absolute atomic E-state index is 10.6. The van der Waals surface area contributed by atoms with Gasteiger partial charge in [-0.1, -0.05) is 22.5 Å². The van der Waals surface area contributed by atoms with Crippen LogP contribution in [0.4, 0.5) is 0 Å². The van der Waals surface area contributed by atoms with Crippen LogP contribution in [-0.4, -0.2) is 17.7 Å². The van der Waals surface area contributed by atoms with Gasteiger partial charge in [-0.15, -0.1) is 0 Å². The number of carbonyl (C=O) groups is 1. The van der Waals surface area contributed by atoms with Gasteiger partial charge < -0.3 is 4.74 Å². The number of ketones is 1. The molecule has 2 nitrogen and oxygen atoms in total. The molecule has 0 aromatic rings. The normalized spacial score (nSPS) is 8.67. The van der Waals surface area contributed by atoms with Crippen molar-refractivity contribution in [2.75, 3.05) is 11.9 Å². The van der Waals surface area contributed by atoms with Crippen molar-refractivity contribution in [2.45, 2.75) is 6.92 Å². The van der Waals surface area contributed by atoms with Gasteiger partial charge in [-0.05, 0) is 6.92 Å². The third-order valence-electron chi connectivity index (χ3n) is 0.751. The molecule has 0 N–H and O–H groups in total. The molecule has 0 amide bonds. The van der Waals surface area contributed by atoms with E-state index in [9.17, 15) is 4.79 Å². The predicted octanol–water partition coefficient (Wildman–Crippen LogP) is 1.50. The second kappa shape index (κ2) is 4.56. The summed E-state index contributed by atoms with van der Waals surface area (Å²) in [6.45, 7) is 5.72. The van der Waals surface area contributed by atoms with Gasteiger partial charge in [-0.2, -0.15) is 0 Å². The summed E-state index contributed by atoms with van der Waals surface area (Å²) in [4.78, 5) is 10.6. The maximum atomic E-state index is 10.6. The molecule has 0 heterocycles. The van der Waals surface area contributed by atoms with E-state index < -0.39 is 0 Å². The molecule has 0 rings (SSSR count). The van der Waals surface area contributed by atoms with E-state index in [0.717, 1.165) is 0 Å². The second-order valence-electron chi connectivity index (χ2n) is 1.41. The van der Waals surface area contributed by atoms with Gasteiger partial charge in [0.1, 0.15) is 0 Å². The van der Waals surface area contributed by atoms with Crippen LogP contribution < -0.4 is 0 Å². The lowest BCUT2D eigenvalue weighted by Gasteiger charge is -2.01. The Hall–Kier alpha value is -0.310. The second-order valence-corrected chi connectivity index (χ2v) is 1.97. The fraction of sp³-hybridized carbons (Fsp3) is 0.500. The molecule has 0 aromatic carbocycles. The zero-order chi connectivity index (χ0) is 7.28. The van der Waals surface area contributed by atoms with Gasteiger partial charge in [0.2, 0.25) is 5.78 Å². The van der Waals surface area contributed by atoms with Crippen molar-refractivity contribution in [1.29, 1.82) is 0 Å². The molecule has 0 aromatic heterocycles. The summed E-state index contributed by atoms with van der Waals surface area (Å²) in [6, 6.07) is 0. The van der Waals surface area contributed by atoms with E-state index >= 15 is 0 Å². The SMILES string of the molecule is C=C(OCC)C(=O)CBr. The Balaban J connectivity index is 3.60. The highest BCUT2D eigenvalue weighted by molar-refractivity contribution is 9.09. The molecule has 0 aliphatic carbocycles. The highest BCUT2D eigenvalue weighted by Gasteiger charge is 2.03. The van der Waals surface area contributed by atoms with Crippen molar-refractivity contribution in [3.8, 4) is 0 Å². The minimum absolute atomic E-state index is 0.100. The predicted molar refractivity (Wildman–Crippen MR) is 39.6 cm³/mol. The topological polar surface area (TPSA) is 26.3 Å². The first-order chi connectivity index (χ1) is 4.22. The minimum atomic E-state index is -0.100. The fourth-order valence-corrected chi connectivity index (χ4v) is 0.642. The summed E-state index contributed by atoms with van der Waals surface area (Å²) in [6.07, 6.45) is 0. The van der Waals surface area contributed by atoms with E-state index in [1.807, 2.05) is 6.92 Å².